The van der Waals surface area contributed by atoms with Gasteiger partial charge in [-0.2, -0.15) is 0 Å². The van der Waals surface area contributed by atoms with E-state index in [2.05, 4.69) is 29.5 Å². The van der Waals surface area contributed by atoms with Crippen molar-refractivity contribution in [2.45, 2.75) is 39.5 Å². The molecule has 1 aromatic carbocycles. The van der Waals surface area contributed by atoms with Gasteiger partial charge in [-0.05, 0) is 38.0 Å². The molecule has 0 aliphatic rings. The zero-order valence-corrected chi connectivity index (χ0v) is 17.5. The Balaban J connectivity index is 0.00000529. The lowest BCUT2D eigenvalue weighted by Gasteiger charge is -2.24. The van der Waals surface area contributed by atoms with E-state index < -0.39 is 0 Å². The molecule has 0 aromatic heterocycles. The quantitative estimate of drug-likeness (QED) is 0.261. The van der Waals surface area contributed by atoms with Crippen molar-refractivity contribution in [3.63, 3.8) is 0 Å². The largest absolute Gasteiger partial charge is 0.382 e. The van der Waals surface area contributed by atoms with Gasteiger partial charge in [0, 0.05) is 31.7 Å². The van der Waals surface area contributed by atoms with Gasteiger partial charge in [-0.1, -0.05) is 26.0 Å². The van der Waals surface area contributed by atoms with Crippen molar-refractivity contribution in [3.8, 4) is 0 Å². The number of rotatable bonds is 9. The lowest BCUT2D eigenvalue weighted by Crippen LogP contribution is -2.39. The molecule has 6 heteroatoms. The molecule has 0 fully saturated rings. The summed E-state index contributed by atoms with van der Waals surface area (Å²) in [6.07, 6.45) is 0.944. The molecule has 0 amide bonds. The summed E-state index contributed by atoms with van der Waals surface area (Å²) in [7, 11) is 0. The molecular weight excluding hydrogens is 420 g/mol. The first kappa shape index (κ1) is 23.1. The van der Waals surface area contributed by atoms with Crippen molar-refractivity contribution >= 4 is 29.9 Å². The molecule has 1 aromatic rings. The van der Waals surface area contributed by atoms with Crippen LogP contribution < -0.4 is 10.6 Å². The maximum absolute atomic E-state index is 13.1. The summed E-state index contributed by atoms with van der Waals surface area (Å²) in [6, 6.07) is 6.65. The van der Waals surface area contributed by atoms with Crippen molar-refractivity contribution in [2.75, 3.05) is 32.8 Å². The van der Waals surface area contributed by atoms with Crippen LogP contribution in [-0.2, 0) is 10.2 Å². The molecule has 4 nitrogen and oxygen atoms in total. The monoisotopic (exact) mass is 451 g/mol. The number of hydrogen-bond donors (Lipinski definition) is 2. The number of ether oxygens (including phenoxy) is 1. The molecule has 0 unspecified atom stereocenters. The molecule has 1 rings (SSSR count). The molecule has 0 spiro atoms. The Morgan fingerprint density at radius 2 is 1.83 bits per heavy atom. The normalized spacial score (nSPS) is 11.8. The van der Waals surface area contributed by atoms with Gasteiger partial charge >= 0.3 is 0 Å². The van der Waals surface area contributed by atoms with E-state index >= 15 is 0 Å². The van der Waals surface area contributed by atoms with Crippen LogP contribution in [-0.4, -0.2) is 38.8 Å². The fourth-order valence-corrected chi connectivity index (χ4v) is 2.14. The Morgan fingerprint density at radius 1 is 1.17 bits per heavy atom. The van der Waals surface area contributed by atoms with E-state index in [1.54, 1.807) is 0 Å². The van der Waals surface area contributed by atoms with Gasteiger partial charge in [-0.3, -0.25) is 4.99 Å². The number of aliphatic imine (C=N–C) groups is 1. The zero-order valence-electron chi connectivity index (χ0n) is 15.2. The minimum atomic E-state index is -0.211. The Bertz CT molecular complexity index is 478. The fraction of sp³-hybridized carbons (Fsp3) is 0.611. The molecule has 0 atom stereocenters. The van der Waals surface area contributed by atoms with Crippen molar-refractivity contribution in [1.82, 2.24) is 10.6 Å². The molecule has 24 heavy (non-hydrogen) atoms. The average Bonchev–Trinajstić information content (AvgIpc) is 2.53. The zero-order chi connectivity index (χ0) is 17.1. The summed E-state index contributed by atoms with van der Waals surface area (Å²) in [6.45, 7) is 12.0. The minimum Gasteiger partial charge on any atom is -0.382 e. The maximum atomic E-state index is 13.1. The second-order valence-electron chi connectivity index (χ2n) is 6.06. The van der Waals surface area contributed by atoms with E-state index in [0.29, 0.717) is 6.54 Å². The van der Waals surface area contributed by atoms with Crippen LogP contribution in [0.4, 0.5) is 4.39 Å². The highest BCUT2D eigenvalue weighted by molar-refractivity contribution is 14.0. The highest BCUT2D eigenvalue weighted by Crippen LogP contribution is 2.23. The summed E-state index contributed by atoms with van der Waals surface area (Å²) in [5, 5.41) is 6.56. The van der Waals surface area contributed by atoms with Crippen molar-refractivity contribution in [1.29, 1.82) is 0 Å². The number of halogens is 2. The van der Waals surface area contributed by atoms with Crippen LogP contribution in [0.3, 0.4) is 0 Å². The van der Waals surface area contributed by atoms with Crippen LogP contribution in [0.5, 0.6) is 0 Å². The smallest absolute Gasteiger partial charge is 0.191 e. The topological polar surface area (TPSA) is 45.7 Å². The summed E-state index contributed by atoms with van der Waals surface area (Å²) in [4.78, 5) is 4.66. The van der Waals surface area contributed by atoms with Gasteiger partial charge < -0.3 is 15.4 Å². The second kappa shape index (κ2) is 12.5. The number of hydrogen-bond acceptors (Lipinski definition) is 2. The minimum absolute atomic E-state index is 0. The van der Waals surface area contributed by atoms with Gasteiger partial charge in [0.2, 0.25) is 0 Å². The van der Waals surface area contributed by atoms with Gasteiger partial charge in [-0.15, -0.1) is 24.0 Å². The van der Waals surface area contributed by atoms with E-state index in [0.717, 1.165) is 44.2 Å². The predicted molar refractivity (Wildman–Crippen MR) is 110 cm³/mol. The third-order valence-corrected chi connectivity index (χ3v) is 3.56. The van der Waals surface area contributed by atoms with Crippen molar-refractivity contribution in [3.05, 3.63) is 35.6 Å². The van der Waals surface area contributed by atoms with E-state index in [4.69, 9.17) is 4.74 Å². The SMILES string of the molecule is CCNC(=NCC(C)(C)c1ccc(F)cc1)NCCCOCC.I. The van der Waals surface area contributed by atoms with Crippen LogP contribution in [0.15, 0.2) is 29.3 Å². The summed E-state index contributed by atoms with van der Waals surface area (Å²) < 4.78 is 18.4. The highest BCUT2D eigenvalue weighted by atomic mass is 127. The number of benzene rings is 1. The van der Waals surface area contributed by atoms with Crippen LogP contribution in [0.1, 0.15) is 39.7 Å². The van der Waals surface area contributed by atoms with E-state index in [1.165, 1.54) is 12.1 Å². The molecule has 0 heterocycles. The standard InChI is InChI=1S/C18H30FN3O.HI/c1-5-20-17(21-12-7-13-23-6-2)22-14-18(3,4)15-8-10-16(19)11-9-15;/h8-11H,5-7,12-14H2,1-4H3,(H2,20,21,22);1H. The molecular formula is C18H31FIN3O. The Hall–Kier alpha value is -0.890. The molecule has 0 aliphatic heterocycles. The number of guanidine groups is 1. The lowest BCUT2D eigenvalue weighted by molar-refractivity contribution is 0.145. The van der Waals surface area contributed by atoms with Gasteiger partial charge in [0.25, 0.3) is 0 Å². The molecule has 0 bridgehead atoms. The molecule has 138 valence electrons. The van der Waals surface area contributed by atoms with Crippen LogP contribution in [0.25, 0.3) is 0 Å². The van der Waals surface area contributed by atoms with E-state index in [-0.39, 0.29) is 35.2 Å². The van der Waals surface area contributed by atoms with E-state index in [1.807, 2.05) is 26.0 Å². The molecule has 0 aliphatic carbocycles. The van der Waals surface area contributed by atoms with Gasteiger partial charge in [0.05, 0.1) is 6.54 Å². The highest BCUT2D eigenvalue weighted by Gasteiger charge is 2.20. The number of nitrogens with zero attached hydrogens (tertiary/aromatic N) is 1. The van der Waals surface area contributed by atoms with Gasteiger partial charge in [-0.25, -0.2) is 4.39 Å². The van der Waals surface area contributed by atoms with Crippen LogP contribution in [0, 0.1) is 5.82 Å². The Morgan fingerprint density at radius 3 is 2.42 bits per heavy atom. The Labute approximate surface area is 162 Å². The molecule has 0 saturated heterocycles. The molecule has 0 saturated carbocycles. The summed E-state index contributed by atoms with van der Waals surface area (Å²) >= 11 is 0. The van der Waals surface area contributed by atoms with Gasteiger partial charge in [0.1, 0.15) is 5.82 Å². The van der Waals surface area contributed by atoms with Gasteiger partial charge in [0.15, 0.2) is 5.96 Å². The van der Waals surface area contributed by atoms with Crippen molar-refractivity contribution in [2.24, 2.45) is 4.99 Å². The van der Waals surface area contributed by atoms with Crippen molar-refractivity contribution < 1.29 is 9.13 Å². The number of nitrogens with one attached hydrogen (secondary N) is 2. The van der Waals surface area contributed by atoms with Crippen LogP contribution in [0.2, 0.25) is 0 Å². The first-order valence-electron chi connectivity index (χ1n) is 8.35. The summed E-state index contributed by atoms with van der Waals surface area (Å²) in [5.74, 6) is 0.594. The third kappa shape index (κ3) is 8.82. The third-order valence-electron chi connectivity index (χ3n) is 3.56. The Kier molecular flexibility index (Phi) is 12.0. The predicted octanol–water partition coefficient (Wildman–Crippen LogP) is 3.70. The van der Waals surface area contributed by atoms with Crippen LogP contribution >= 0.6 is 24.0 Å². The maximum Gasteiger partial charge on any atom is 0.191 e. The molecule has 2 N–H and O–H groups in total. The second-order valence-corrected chi connectivity index (χ2v) is 6.06. The van der Waals surface area contributed by atoms with E-state index in [9.17, 15) is 4.39 Å². The first-order valence-corrected chi connectivity index (χ1v) is 8.35. The average molecular weight is 451 g/mol. The summed E-state index contributed by atoms with van der Waals surface area (Å²) in [5.41, 5.74) is 0.927. The first-order chi connectivity index (χ1) is 11.0. The molecule has 0 radical (unpaired) electrons. The fourth-order valence-electron chi connectivity index (χ4n) is 2.14. The lowest BCUT2D eigenvalue weighted by atomic mass is 9.85.